The molecular formula is C14H26N2O2S. The predicted molar refractivity (Wildman–Crippen MR) is 79.6 cm³/mol. The van der Waals surface area contributed by atoms with Gasteiger partial charge in [0.1, 0.15) is 0 Å². The van der Waals surface area contributed by atoms with Crippen LogP contribution in [-0.4, -0.2) is 36.0 Å². The van der Waals surface area contributed by atoms with Gasteiger partial charge in [-0.05, 0) is 19.4 Å². The second kappa shape index (κ2) is 6.79. The first-order valence-corrected chi connectivity index (χ1v) is 7.55. The Bertz CT molecular complexity index is 387. The van der Waals surface area contributed by atoms with Gasteiger partial charge in [-0.2, -0.15) is 0 Å². The van der Waals surface area contributed by atoms with E-state index >= 15 is 0 Å². The van der Waals surface area contributed by atoms with Crippen LogP contribution in [0.3, 0.4) is 0 Å². The number of thiazole rings is 1. The van der Waals surface area contributed by atoms with Gasteiger partial charge in [0.2, 0.25) is 0 Å². The van der Waals surface area contributed by atoms with Crippen molar-refractivity contribution in [3.63, 3.8) is 0 Å². The third kappa shape index (κ3) is 5.18. The number of nitrogens with two attached hydrogens (primary N) is 1. The molecule has 1 rings (SSSR count). The van der Waals surface area contributed by atoms with E-state index in [0.29, 0.717) is 26.0 Å². The molecule has 1 aromatic heterocycles. The summed E-state index contributed by atoms with van der Waals surface area (Å²) in [5.41, 5.74) is 5.78. The molecule has 3 N–H and O–H groups in total. The maximum Gasteiger partial charge on any atom is 0.0958 e. The SMILES string of the molecule is COCC(O)(CCCN)Cc1nc(C(C)(C)C)cs1. The van der Waals surface area contributed by atoms with Crippen LogP contribution in [-0.2, 0) is 16.6 Å². The summed E-state index contributed by atoms with van der Waals surface area (Å²) in [4.78, 5) is 4.63. The lowest BCUT2D eigenvalue weighted by Gasteiger charge is -2.26. The smallest absolute Gasteiger partial charge is 0.0958 e. The molecule has 0 aliphatic heterocycles. The zero-order valence-electron chi connectivity index (χ0n) is 12.4. The summed E-state index contributed by atoms with van der Waals surface area (Å²) >= 11 is 1.60. The van der Waals surface area contributed by atoms with Crippen LogP contribution < -0.4 is 5.73 Å². The number of aliphatic hydroxyl groups is 1. The van der Waals surface area contributed by atoms with Crippen molar-refractivity contribution in [1.82, 2.24) is 4.98 Å². The lowest BCUT2D eigenvalue weighted by atomic mass is 9.93. The number of hydrogen-bond acceptors (Lipinski definition) is 5. The molecular weight excluding hydrogens is 260 g/mol. The molecule has 1 unspecified atom stereocenters. The van der Waals surface area contributed by atoms with Gasteiger partial charge in [-0.15, -0.1) is 11.3 Å². The summed E-state index contributed by atoms with van der Waals surface area (Å²) in [5.74, 6) is 0. The Morgan fingerprint density at radius 1 is 1.42 bits per heavy atom. The van der Waals surface area contributed by atoms with Crippen molar-refractivity contribution in [1.29, 1.82) is 0 Å². The summed E-state index contributed by atoms with van der Waals surface area (Å²) in [5, 5.41) is 13.6. The molecule has 0 aromatic carbocycles. The van der Waals surface area contributed by atoms with Gasteiger partial charge in [0, 0.05) is 24.3 Å². The van der Waals surface area contributed by atoms with Crippen LogP contribution in [0.15, 0.2) is 5.38 Å². The number of rotatable bonds is 7. The molecule has 19 heavy (non-hydrogen) atoms. The Balaban J connectivity index is 2.76. The topological polar surface area (TPSA) is 68.4 Å². The van der Waals surface area contributed by atoms with Crippen LogP contribution in [0.2, 0.25) is 0 Å². The van der Waals surface area contributed by atoms with Crippen molar-refractivity contribution in [2.24, 2.45) is 5.73 Å². The van der Waals surface area contributed by atoms with Gasteiger partial charge in [0.15, 0.2) is 0 Å². The quantitative estimate of drug-likeness (QED) is 0.805. The van der Waals surface area contributed by atoms with E-state index in [9.17, 15) is 5.11 Å². The molecule has 0 spiro atoms. The Labute approximate surface area is 120 Å². The van der Waals surface area contributed by atoms with Crippen LogP contribution in [0.4, 0.5) is 0 Å². The maximum atomic E-state index is 10.6. The normalized spacial score (nSPS) is 15.5. The van der Waals surface area contributed by atoms with Gasteiger partial charge < -0.3 is 15.6 Å². The van der Waals surface area contributed by atoms with Crippen molar-refractivity contribution < 1.29 is 9.84 Å². The highest BCUT2D eigenvalue weighted by atomic mass is 32.1. The van der Waals surface area contributed by atoms with Gasteiger partial charge in [-0.3, -0.25) is 0 Å². The van der Waals surface area contributed by atoms with Gasteiger partial charge in [0.05, 0.1) is 22.9 Å². The van der Waals surface area contributed by atoms with Crippen LogP contribution in [0.25, 0.3) is 0 Å². The van der Waals surface area contributed by atoms with E-state index in [1.165, 1.54) is 0 Å². The van der Waals surface area contributed by atoms with E-state index in [1.807, 2.05) is 0 Å². The first kappa shape index (κ1) is 16.6. The van der Waals surface area contributed by atoms with Crippen molar-refractivity contribution in [2.45, 2.75) is 51.0 Å². The second-order valence-corrected chi connectivity index (χ2v) is 7.05. The Morgan fingerprint density at radius 2 is 2.11 bits per heavy atom. The van der Waals surface area contributed by atoms with E-state index in [0.717, 1.165) is 17.1 Å². The molecule has 0 amide bonds. The third-order valence-electron chi connectivity index (χ3n) is 3.06. The number of methoxy groups -OCH3 is 1. The molecule has 1 atom stereocenters. The highest BCUT2D eigenvalue weighted by Crippen LogP contribution is 2.27. The van der Waals surface area contributed by atoms with Crippen LogP contribution >= 0.6 is 11.3 Å². The van der Waals surface area contributed by atoms with E-state index in [1.54, 1.807) is 18.4 Å². The Hall–Kier alpha value is -0.490. The maximum absolute atomic E-state index is 10.6. The molecule has 0 aliphatic carbocycles. The third-order valence-corrected chi connectivity index (χ3v) is 3.91. The summed E-state index contributed by atoms with van der Waals surface area (Å²) in [6, 6.07) is 0. The molecule has 1 heterocycles. The number of ether oxygens (including phenoxy) is 1. The molecule has 110 valence electrons. The lowest BCUT2D eigenvalue weighted by molar-refractivity contribution is -0.0375. The highest BCUT2D eigenvalue weighted by Gasteiger charge is 2.29. The summed E-state index contributed by atoms with van der Waals surface area (Å²) < 4.78 is 5.14. The number of nitrogens with zero attached hydrogens (tertiary/aromatic N) is 1. The summed E-state index contributed by atoms with van der Waals surface area (Å²) in [6.07, 6.45) is 1.96. The molecule has 0 bridgehead atoms. The van der Waals surface area contributed by atoms with Crippen molar-refractivity contribution in [3.8, 4) is 0 Å². The average molecular weight is 286 g/mol. The highest BCUT2D eigenvalue weighted by molar-refractivity contribution is 7.09. The first-order chi connectivity index (χ1) is 8.80. The summed E-state index contributed by atoms with van der Waals surface area (Å²) in [6.45, 7) is 7.32. The zero-order chi connectivity index (χ0) is 14.5. The van der Waals surface area contributed by atoms with Gasteiger partial charge >= 0.3 is 0 Å². The number of aromatic nitrogens is 1. The van der Waals surface area contributed by atoms with Gasteiger partial charge in [-0.25, -0.2) is 4.98 Å². The molecule has 5 heteroatoms. The minimum absolute atomic E-state index is 0.0470. The molecule has 0 aliphatic rings. The van der Waals surface area contributed by atoms with E-state index in [2.05, 4.69) is 31.1 Å². The molecule has 0 radical (unpaired) electrons. The van der Waals surface area contributed by atoms with Crippen molar-refractivity contribution in [3.05, 3.63) is 16.1 Å². The standard InChI is InChI=1S/C14H26N2O2S/c1-13(2,3)11-9-19-12(16-11)8-14(17,10-18-4)6-5-7-15/h9,17H,5-8,10,15H2,1-4H3. The van der Waals surface area contributed by atoms with E-state index in [-0.39, 0.29) is 5.41 Å². The molecule has 0 fully saturated rings. The summed E-state index contributed by atoms with van der Waals surface area (Å²) in [7, 11) is 1.61. The van der Waals surface area contributed by atoms with Gasteiger partial charge in [0.25, 0.3) is 0 Å². The van der Waals surface area contributed by atoms with Gasteiger partial charge in [-0.1, -0.05) is 20.8 Å². The number of hydrogen-bond donors (Lipinski definition) is 2. The van der Waals surface area contributed by atoms with E-state index in [4.69, 9.17) is 10.5 Å². The van der Waals surface area contributed by atoms with Crippen LogP contribution in [0.1, 0.15) is 44.3 Å². The van der Waals surface area contributed by atoms with Crippen molar-refractivity contribution in [2.75, 3.05) is 20.3 Å². The predicted octanol–water partition coefficient (Wildman–Crippen LogP) is 2.10. The lowest BCUT2D eigenvalue weighted by Crippen LogP contribution is -2.37. The molecule has 4 nitrogen and oxygen atoms in total. The minimum Gasteiger partial charge on any atom is -0.387 e. The van der Waals surface area contributed by atoms with E-state index < -0.39 is 5.60 Å². The monoisotopic (exact) mass is 286 g/mol. The van der Waals surface area contributed by atoms with Crippen molar-refractivity contribution >= 4 is 11.3 Å². The van der Waals surface area contributed by atoms with Crippen LogP contribution in [0, 0.1) is 0 Å². The fraction of sp³-hybridized carbons (Fsp3) is 0.786. The Kier molecular flexibility index (Phi) is 5.92. The molecule has 0 saturated carbocycles. The average Bonchev–Trinajstić information content (AvgIpc) is 2.75. The minimum atomic E-state index is -0.860. The fourth-order valence-corrected chi connectivity index (χ4v) is 3.09. The second-order valence-electron chi connectivity index (χ2n) is 6.10. The fourth-order valence-electron chi connectivity index (χ4n) is 1.93. The largest absolute Gasteiger partial charge is 0.387 e. The van der Waals surface area contributed by atoms with Crippen LogP contribution in [0.5, 0.6) is 0 Å². The first-order valence-electron chi connectivity index (χ1n) is 6.67. The Morgan fingerprint density at radius 3 is 2.58 bits per heavy atom. The zero-order valence-corrected chi connectivity index (χ0v) is 13.2. The molecule has 0 saturated heterocycles. The molecule has 1 aromatic rings.